The van der Waals surface area contributed by atoms with Crippen molar-refractivity contribution in [2.45, 2.75) is 27.3 Å². The van der Waals surface area contributed by atoms with Crippen LogP contribution in [0.25, 0.3) is 0 Å². The molecule has 0 fully saturated rings. The fourth-order valence-electron chi connectivity index (χ4n) is 2.05. The van der Waals surface area contributed by atoms with Gasteiger partial charge >= 0.3 is 0 Å². The fourth-order valence-corrected chi connectivity index (χ4v) is 2.05. The van der Waals surface area contributed by atoms with Gasteiger partial charge in [0.05, 0.1) is 0 Å². The standard InChI is InChI=1S/C17H24N4/c1-13(2)11-18-16-10-14(3)19-17(20-16)21(4)12-15-8-6-5-7-9-15/h5-10,13H,11-12H2,1-4H3,(H,18,19,20). The van der Waals surface area contributed by atoms with E-state index in [9.17, 15) is 0 Å². The Balaban J connectivity index is 2.11. The average Bonchev–Trinajstić information content (AvgIpc) is 2.45. The molecule has 4 nitrogen and oxygen atoms in total. The second kappa shape index (κ2) is 7.07. The molecule has 0 unspecified atom stereocenters. The second-order valence-corrected chi connectivity index (χ2v) is 5.81. The minimum Gasteiger partial charge on any atom is -0.370 e. The number of nitrogens with one attached hydrogen (secondary N) is 1. The summed E-state index contributed by atoms with van der Waals surface area (Å²) in [5.41, 5.74) is 2.23. The third-order valence-corrected chi connectivity index (χ3v) is 3.14. The van der Waals surface area contributed by atoms with Crippen LogP contribution >= 0.6 is 0 Å². The molecule has 2 aromatic rings. The van der Waals surface area contributed by atoms with Crippen LogP contribution in [0.4, 0.5) is 11.8 Å². The molecule has 0 radical (unpaired) electrons. The number of benzene rings is 1. The molecule has 0 saturated heterocycles. The van der Waals surface area contributed by atoms with Gasteiger partial charge in [-0.2, -0.15) is 4.98 Å². The zero-order valence-corrected chi connectivity index (χ0v) is 13.3. The number of hydrogen-bond donors (Lipinski definition) is 1. The van der Waals surface area contributed by atoms with Gasteiger partial charge in [-0.15, -0.1) is 0 Å². The smallest absolute Gasteiger partial charge is 0.227 e. The van der Waals surface area contributed by atoms with Crippen molar-refractivity contribution >= 4 is 11.8 Å². The van der Waals surface area contributed by atoms with E-state index in [4.69, 9.17) is 0 Å². The highest BCUT2D eigenvalue weighted by molar-refractivity contribution is 5.43. The first kappa shape index (κ1) is 15.3. The summed E-state index contributed by atoms with van der Waals surface area (Å²) in [4.78, 5) is 11.2. The molecule has 21 heavy (non-hydrogen) atoms. The van der Waals surface area contributed by atoms with Gasteiger partial charge in [0.25, 0.3) is 0 Å². The molecule has 0 aliphatic rings. The summed E-state index contributed by atoms with van der Waals surface area (Å²) in [5.74, 6) is 2.24. The second-order valence-electron chi connectivity index (χ2n) is 5.81. The molecule has 1 aromatic carbocycles. The Bertz CT molecular complexity index is 566. The molecule has 0 aliphatic heterocycles. The topological polar surface area (TPSA) is 41.1 Å². The first-order valence-electron chi connectivity index (χ1n) is 7.39. The van der Waals surface area contributed by atoms with Crippen LogP contribution in [0.2, 0.25) is 0 Å². The van der Waals surface area contributed by atoms with Crippen molar-refractivity contribution in [3.8, 4) is 0 Å². The maximum atomic E-state index is 4.61. The maximum absolute atomic E-state index is 4.61. The SMILES string of the molecule is Cc1cc(NCC(C)C)nc(N(C)Cc2ccccc2)n1. The van der Waals surface area contributed by atoms with E-state index in [-0.39, 0.29) is 0 Å². The molecule has 0 amide bonds. The Morgan fingerprint density at radius 2 is 1.86 bits per heavy atom. The van der Waals surface area contributed by atoms with E-state index in [1.165, 1.54) is 5.56 Å². The third-order valence-electron chi connectivity index (χ3n) is 3.14. The molecular weight excluding hydrogens is 260 g/mol. The monoisotopic (exact) mass is 284 g/mol. The summed E-state index contributed by atoms with van der Waals surface area (Å²) in [6.07, 6.45) is 0. The van der Waals surface area contributed by atoms with Gasteiger partial charge in [-0.05, 0) is 18.4 Å². The van der Waals surface area contributed by atoms with Gasteiger partial charge < -0.3 is 10.2 Å². The Kier molecular flexibility index (Phi) is 5.14. The quantitative estimate of drug-likeness (QED) is 0.881. The summed E-state index contributed by atoms with van der Waals surface area (Å²) in [5, 5.41) is 3.37. The van der Waals surface area contributed by atoms with Crippen LogP contribution < -0.4 is 10.2 Å². The molecule has 0 bridgehead atoms. The Hall–Kier alpha value is -2.10. The van der Waals surface area contributed by atoms with Gasteiger partial charge in [0, 0.05) is 31.9 Å². The van der Waals surface area contributed by atoms with Gasteiger partial charge in [0.15, 0.2) is 0 Å². The van der Waals surface area contributed by atoms with Gasteiger partial charge in [-0.25, -0.2) is 4.98 Å². The Morgan fingerprint density at radius 3 is 2.52 bits per heavy atom. The lowest BCUT2D eigenvalue weighted by molar-refractivity contribution is 0.686. The van der Waals surface area contributed by atoms with Gasteiger partial charge in [0.1, 0.15) is 5.82 Å². The summed E-state index contributed by atoms with van der Waals surface area (Å²) in [6.45, 7) is 8.08. The van der Waals surface area contributed by atoms with Crippen molar-refractivity contribution in [1.82, 2.24) is 9.97 Å². The van der Waals surface area contributed by atoms with E-state index >= 15 is 0 Å². The highest BCUT2D eigenvalue weighted by atomic mass is 15.2. The number of hydrogen-bond acceptors (Lipinski definition) is 4. The molecule has 1 N–H and O–H groups in total. The molecule has 0 aliphatic carbocycles. The summed E-state index contributed by atoms with van der Waals surface area (Å²) in [6, 6.07) is 12.4. The van der Waals surface area contributed by atoms with Crippen molar-refractivity contribution in [1.29, 1.82) is 0 Å². The summed E-state index contributed by atoms with van der Waals surface area (Å²) < 4.78 is 0. The van der Waals surface area contributed by atoms with Crippen molar-refractivity contribution in [3.63, 3.8) is 0 Å². The van der Waals surface area contributed by atoms with E-state index in [0.29, 0.717) is 5.92 Å². The van der Waals surface area contributed by atoms with Crippen LogP contribution in [0.5, 0.6) is 0 Å². The van der Waals surface area contributed by atoms with Gasteiger partial charge in [-0.1, -0.05) is 44.2 Å². The zero-order valence-electron chi connectivity index (χ0n) is 13.3. The van der Waals surface area contributed by atoms with E-state index in [2.05, 4.69) is 58.3 Å². The van der Waals surface area contributed by atoms with Crippen LogP contribution in [0.3, 0.4) is 0 Å². The van der Waals surface area contributed by atoms with Crippen molar-refractivity contribution in [2.24, 2.45) is 5.92 Å². The van der Waals surface area contributed by atoms with Crippen LogP contribution in [0.15, 0.2) is 36.4 Å². The lowest BCUT2D eigenvalue weighted by Gasteiger charge is -2.19. The Morgan fingerprint density at radius 1 is 1.14 bits per heavy atom. The predicted octanol–water partition coefficient (Wildman–Crippen LogP) is 3.49. The summed E-state index contributed by atoms with van der Waals surface area (Å²) >= 11 is 0. The molecule has 4 heteroatoms. The zero-order chi connectivity index (χ0) is 15.2. The minimum atomic E-state index is 0.589. The van der Waals surface area contributed by atoms with E-state index in [1.54, 1.807) is 0 Å². The highest BCUT2D eigenvalue weighted by Gasteiger charge is 2.08. The predicted molar refractivity (Wildman–Crippen MR) is 88.6 cm³/mol. The molecule has 2 rings (SSSR count). The average molecular weight is 284 g/mol. The van der Waals surface area contributed by atoms with E-state index < -0.39 is 0 Å². The highest BCUT2D eigenvalue weighted by Crippen LogP contribution is 2.15. The summed E-state index contributed by atoms with van der Waals surface area (Å²) in [7, 11) is 2.02. The maximum Gasteiger partial charge on any atom is 0.227 e. The largest absolute Gasteiger partial charge is 0.370 e. The van der Waals surface area contributed by atoms with Crippen LogP contribution in [0.1, 0.15) is 25.1 Å². The molecule has 112 valence electrons. The van der Waals surface area contributed by atoms with Gasteiger partial charge in [-0.3, -0.25) is 0 Å². The normalized spacial score (nSPS) is 10.7. The first-order valence-corrected chi connectivity index (χ1v) is 7.39. The van der Waals surface area contributed by atoms with Crippen molar-refractivity contribution in [3.05, 3.63) is 47.7 Å². The number of rotatable bonds is 6. The van der Waals surface area contributed by atoms with Crippen LogP contribution in [-0.4, -0.2) is 23.6 Å². The lowest BCUT2D eigenvalue weighted by Crippen LogP contribution is -2.20. The molecular formula is C17H24N4. The number of aromatic nitrogens is 2. The van der Waals surface area contributed by atoms with Crippen molar-refractivity contribution in [2.75, 3.05) is 23.8 Å². The molecule has 1 heterocycles. The molecule has 1 aromatic heterocycles. The van der Waals surface area contributed by atoms with E-state index in [0.717, 1.165) is 30.5 Å². The number of nitrogens with zero attached hydrogens (tertiary/aromatic N) is 3. The van der Waals surface area contributed by atoms with Crippen LogP contribution in [-0.2, 0) is 6.54 Å². The first-order chi connectivity index (χ1) is 10.0. The number of anilines is 2. The third kappa shape index (κ3) is 4.74. The molecule has 0 atom stereocenters. The van der Waals surface area contributed by atoms with Crippen LogP contribution in [0, 0.1) is 12.8 Å². The fraction of sp³-hybridized carbons (Fsp3) is 0.412. The Labute approximate surface area is 127 Å². The minimum absolute atomic E-state index is 0.589. The lowest BCUT2D eigenvalue weighted by atomic mass is 10.2. The molecule has 0 spiro atoms. The van der Waals surface area contributed by atoms with E-state index in [1.807, 2.05) is 26.1 Å². The molecule has 0 saturated carbocycles. The van der Waals surface area contributed by atoms with Gasteiger partial charge in [0.2, 0.25) is 5.95 Å². The number of aryl methyl sites for hydroxylation is 1. The van der Waals surface area contributed by atoms with Crippen molar-refractivity contribution < 1.29 is 0 Å².